The molecule has 1 aliphatic carbocycles. The molecule has 0 radical (unpaired) electrons. The van der Waals surface area contributed by atoms with Gasteiger partial charge in [0.2, 0.25) is 0 Å². The van der Waals surface area contributed by atoms with E-state index in [-0.39, 0.29) is 0 Å². The molecule has 5 aromatic rings. The normalized spacial score (nSPS) is 16.9. The predicted octanol–water partition coefficient (Wildman–Crippen LogP) is 10.8. The molecular formula is C40H38N2. The zero-order chi connectivity index (χ0) is 28.3. The summed E-state index contributed by atoms with van der Waals surface area (Å²) in [5, 5.41) is 2.54. The summed E-state index contributed by atoms with van der Waals surface area (Å²) in [6.07, 6.45) is 11.3. The Morgan fingerprint density at radius 2 is 1.33 bits per heavy atom. The predicted molar refractivity (Wildman–Crippen MR) is 179 cm³/mol. The number of aliphatic imine (C=N–C) groups is 1. The Labute approximate surface area is 249 Å². The molecule has 1 fully saturated rings. The van der Waals surface area contributed by atoms with Gasteiger partial charge in [-0.05, 0) is 42.9 Å². The fourth-order valence-electron chi connectivity index (χ4n) is 6.79. The van der Waals surface area contributed by atoms with Crippen LogP contribution in [0.4, 0.5) is 0 Å². The van der Waals surface area contributed by atoms with E-state index in [1.165, 1.54) is 88.5 Å². The van der Waals surface area contributed by atoms with E-state index in [4.69, 9.17) is 4.99 Å². The van der Waals surface area contributed by atoms with Gasteiger partial charge in [0.1, 0.15) is 0 Å². The van der Waals surface area contributed by atoms with Crippen LogP contribution in [0.2, 0.25) is 0 Å². The van der Waals surface area contributed by atoms with Crippen LogP contribution in [0, 0.1) is 12.8 Å². The Kier molecular flexibility index (Phi) is 7.45. The first kappa shape index (κ1) is 26.5. The van der Waals surface area contributed by atoms with E-state index in [2.05, 4.69) is 127 Å². The van der Waals surface area contributed by atoms with Crippen molar-refractivity contribution in [2.24, 2.45) is 10.9 Å². The topological polar surface area (TPSA) is 28.1 Å². The summed E-state index contributed by atoms with van der Waals surface area (Å²) in [5.41, 5.74) is 12.0. The molecule has 2 aliphatic rings. The highest BCUT2D eigenvalue weighted by atomic mass is 14.8. The minimum atomic E-state index is 0.787. The number of H-pyrrole nitrogens is 1. The molecule has 1 N–H and O–H groups in total. The van der Waals surface area contributed by atoms with Gasteiger partial charge in [0.15, 0.2) is 0 Å². The minimum Gasteiger partial charge on any atom is -0.354 e. The molecule has 0 amide bonds. The van der Waals surface area contributed by atoms with Gasteiger partial charge in [-0.3, -0.25) is 0 Å². The summed E-state index contributed by atoms with van der Waals surface area (Å²) in [6.45, 7) is 2.15. The van der Waals surface area contributed by atoms with Crippen LogP contribution in [0.15, 0.2) is 126 Å². The lowest BCUT2D eigenvalue weighted by Gasteiger charge is -2.22. The van der Waals surface area contributed by atoms with E-state index >= 15 is 0 Å². The van der Waals surface area contributed by atoms with E-state index < -0.39 is 0 Å². The molecule has 4 aromatic carbocycles. The fraction of sp³-hybridized carbons (Fsp3) is 0.225. The Morgan fingerprint density at radius 1 is 0.690 bits per heavy atom. The van der Waals surface area contributed by atoms with Gasteiger partial charge >= 0.3 is 0 Å². The van der Waals surface area contributed by atoms with Crippen molar-refractivity contribution >= 4 is 27.6 Å². The van der Waals surface area contributed by atoms with Gasteiger partial charge in [0, 0.05) is 27.5 Å². The maximum atomic E-state index is 5.44. The molecule has 1 aliphatic heterocycles. The first-order valence-electron chi connectivity index (χ1n) is 15.6. The fourth-order valence-corrected chi connectivity index (χ4v) is 6.79. The smallest absolute Gasteiger partial charge is 0.0769 e. The summed E-state index contributed by atoms with van der Waals surface area (Å²) in [7, 11) is 0. The molecule has 7 rings (SSSR count). The molecule has 2 heteroatoms. The number of benzene rings is 4. The van der Waals surface area contributed by atoms with Gasteiger partial charge in [-0.25, -0.2) is 4.99 Å². The molecule has 0 unspecified atom stereocenters. The zero-order valence-corrected chi connectivity index (χ0v) is 24.4. The summed E-state index contributed by atoms with van der Waals surface area (Å²) in [4.78, 5) is 9.40. The van der Waals surface area contributed by atoms with Crippen LogP contribution >= 0.6 is 0 Å². The number of nitrogens with zero attached hydrogens (tertiary/aromatic N) is 1. The Hall–Kier alpha value is -4.43. The van der Waals surface area contributed by atoms with Crippen molar-refractivity contribution in [2.45, 2.75) is 51.9 Å². The first-order chi connectivity index (χ1) is 20.7. The summed E-state index contributed by atoms with van der Waals surface area (Å²) in [5.74, 6) is 0.787. The van der Waals surface area contributed by atoms with Gasteiger partial charge in [-0.1, -0.05) is 147 Å². The van der Waals surface area contributed by atoms with E-state index in [9.17, 15) is 0 Å². The summed E-state index contributed by atoms with van der Waals surface area (Å²) >= 11 is 0. The number of nitrogens with one attached hydrogen (secondary N) is 1. The number of hydrogen-bond acceptors (Lipinski definition) is 1. The van der Waals surface area contributed by atoms with Crippen molar-refractivity contribution in [1.29, 1.82) is 0 Å². The number of aryl methyl sites for hydroxylation is 1. The molecule has 1 saturated carbocycles. The SMILES string of the molecule is Cc1ccc(-c2[nH]c(/C(CCC3CCCCC3)=C3\N=C(c4ccccc4)C=C3c3ccccc3)c3ccccc23)cc1. The molecule has 0 spiro atoms. The Balaban J connectivity index is 1.44. The number of aromatic nitrogens is 1. The average molecular weight is 547 g/mol. The van der Waals surface area contributed by atoms with Gasteiger partial charge in [-0.2, -0.15) is 0 Å². The lowest BCUT2D eigenvalue weighted by Crippen LogP contribution is -2.07. The van der Waals surface area contributed by atoms with Gasteiger partial charge in [0.25, 0.3) is 0 Å². The van der Waals surface area contributed by atoms with Crippen molar-refractivity contribution in [3.63, 3.8) is 0 Å². The Bertz CT molecular complexity index is 1780. The minimum absolute atomic E-state index is 0.787. The molecular weight excluding hydrogens is 508 g/mol. The number of rotatable bonds is 7. The van der Waals surface area contributed by atoms with E-state index in [1.807, 2.05) is 0 Å². The summed E-state index contributed by atoms with van der Waals surface area (Å²) < 4.78 is 0. The lowest BCUT2D eigenvalue weighted by molar-refractivity contribution is 0.342. The van der Waals surface area contributed by atoms with E-state index in [1.54, 1.807) is 0 Å². The van der Waals surface area contributed by atoms with Crippen LogP contribution in [-0.4, -0.2) is 10.7 Å². The number of allylic oxidation sites excluding steroid dienone is 3. The first-order valence-corrected chi connectivity index (χ1v) is 15.6. The third-order valence-electron chi connectivity index (χ3n) is 9.09. The molecule has 2 nitrogen and oxygen atoms in total. The second-order valence-corrected chi connectivity index (χ2v) is 11.9. The van der Waals surface area contributed by atoms with Crippen LogP contribution < -0.4 is 0 Å². The van der Waals surface area contributed by atoms with Crippen molar-refractivity contribution in [3.8, 4) is 11.3 Å². The highest BCUT2D eigenvalue weighted by Crippen LogP contribution is 2.43. The Morgan fingerprint density at radius 3 is 2.05 bits per heavy atom. The maximum Gasteiger partial charge on any atom is 0.0769 e. The molecule has 0 saturated heterocycles. The van der Waals surface area contributed by atoms with Crippen molar-refractivity contribution in [1.82, 2.24) is 4.98 Å². The molecule has 208 valence electrons. The molecule has 1 aromatic heterocycles. The monoisotopic (exact) mass is 546 g/mol. The molecule has 0 bridgehead atoms. The standard InChI is InChI=1S/C40H38N2/c1-28-21-24-32(25-22-28)38-33-19-11-12-20-34(33)39(42-38)35(26-23-29-13-5-2-6-14-29)40-36(30-15-7-3-8-16-30)27-37(41-40)31-17-9-4-10-18-31/h3-4,7-12,15-22,24-25,27,29,42H,2,5-6,13-14,23,26H2,1H3/b40-35-. The van der Waals surface area contributed by atoms with Crippen molar-refractivity contribution < 1.29 is 0 Å². The van der Waals surface area contributed by atoms with Crippen molar-refractivity contribution in [3.05, 3.63) is 143 Å². The van der Waals surface area contributed by atoms with Crippen LogP contribution in [0.5, 0.6) is 0 Å². The number of fused-ring (bicyclic) bond motifs is 1. The van der Waals surface area contributed by atoms with Gasteiger partial charge in [0.05, 0.1) is 22.8 Å². The highest BCUT2D eigenvalue weighted by Gasteiger charge is 2.26. The molecule has 2 heterocycles. The number of aromatic amines is 1. The average Bonchev–Trinajstić information content (AvgIpc) is 3.66. The lowest BCUT2D eigenvalue weighted by atomic mass is 9.84. The van der Waals surface area contributed by atoms with Crippen molar-refractivity contribution in [2.75, 3.05) is 0 Å². The molecule has 0 atom stereocenters. The highest BCUT2D eigenvalue weighted by molar-refractivity contribution is 6.19. The van der Waals surface area contributed by atoms with Crippen LogP contribution in [0.1, 0.15) is 67.3 Å². The van der Waals surface area contributed by atoms with Crippen LogP contribution in [-0.2, 0) is 0 Å². The van der Waals surface area contributed by atoms with Gasteiger partial charge in [-0.15, -0.1) is 0 Å². The molecule has 42 heavy (non-hydrogen) atoms. The maximum absolute atomic E-state index is 5.44. The largest absolute Gasteiger partial charge is 0.354 e. The zero-order valence-electron chi connectivity index (χ0n) is 24.4. The third-order valence-corrected chi connectivity index (χ3v) is 9.09. The second kappa shape index (κ2) is 11.8. The number of hydrogen-bond donors (Lipinski definition) is 1. The van der Waals surface area contributed by atoms with Crippen LogP contribution in [0.3, 0.4) is 0 Å². The van der Waals surface area contributed by atoms with E-state index in [0.717, 1.165) is 29.3 Å². The third kappa shape index (κ3) is 5.30. The van der Waals surface area contributed by atoms with Gasteiger partial charge < -0.3 is 4.98 Å². The summed E-state index contributed by atoms with van der Waals surface area (Å²) in [6, 6.07) is 39.2. The quantitative estimate of drug-likeness (QED) is 0.210. The van der Waals surface area contributed by atoms with Crippen LogP contribution in [0.25, 0.3) is 33.2 Å². The van der Waals surface area contributed by atoms with E-state index in [0.29, 0.717) is 0 Å². The second-order valence-electron chi connectivity index (χ2n) is 11.9.